The van der Waals surface area contributed by atoms with Gasteiger partial charge in [-0.15, -0.1) is 10.2 Å². The number of halogens is 1. The highest BCUT2D eigenvalue weighted by molar-refractivity contribution is 8.00. The van der Waals surface area contributed by atoms with E-state index in [1.807, 2.05) is 49.4 Å². The van der Waals surface area contributed by atoms with E-state index in [2.05, 4.69) is 32.2 Å². The normalized spacial score (nSPS) is 14.6. The fourth-order valence-corrected chi connectivity index (χ4v) is 4.21. The molecule has 0 unspecified atom stereocenters. The third kappa shape index (κ3) is 5.00. The van der Waals surface area contributed by atoms with Crippen LogP contribution in [0.5, 0.6) is 0 Å². The molecule has 2 aromatic carbocycles. The van der Waals surface area contributed by atoms with Crippen molar-refractivity contribution in [3.63, 3.8) is 0 Å². The zero-order valence-corrected chi connectivity index (χ0v) is 17.8. The molecule has 3 aromatic rings. The highest BCUT2D eigenvalue weighted by atomic mass is 35.5. The molecule has 0 radical (unpaired) electrons. The van der Waals surface area contributed by atoms with E-state index in [0.717, 1.165) is 35.9 Å². The van der Waals surface area contributed by atoms with Crippen molar-refractivity contribution in [1.82, 2.24) is 20.1 Å². The Morgan fingerprint density at radius 3 is 2.62 bits per heavy atom. The average Bonchev–Trinajstić information content (AvgIpc) is 3.51. The van der Waals surface area contributed by atoms with E-state index in [-0.39, 0.29) is 11.2 Å². The smallest absolute Gasteiger partial charge is 0.233 e. The average molecular weight is 427 g/mol. The summed E-state index contributed by atoms with van der Waals surface area (Å²) >= 11 is 7.62. The first-order chi connectivity index (χ1) is 14.1. The summed E-state index contributed by atoms with van der Waals surface area (Å²) in [6.07, 6.45) is 2.32. The Kier molecular flexibility index (Phi) is 6.21. The summed E-state index contributed by atoms with van der Waals surface area (Å²) in [5, 5.41) is 13.0. The summed E-state index contributed by atoms with van der Waals surface area (Å²) in [6.45, 7) is 3.02. The number of hydrogen-bond acceptors (Lipinski definition) is 4. The zero-order valence-electron chi connectivity index (χ0n) is 16.2. The van der Waals surface area contributed by atoms with Gasteiger partial charge >= 0.3 is 0 Å². The van der Waals surface area contributed by atoms with E-state index in [4.69, 9.17) is 11.6 Å². The number of aromatic nitrogens is 3. The SMILES string of the molecule is C[C@@H](Sc1nnc(C2CC2)n1Cc1ccccc1)C(=O)NCc1ccccc1Cl. The van der Waals surface area contributed by atoms with Crippen LogP contribution in [0.3, 0.4) is 0 Å². The Labute approximate surface area is 179 Å². The predicted octanol–water partition coefficient (Wildman–Crippen LogP) is 4.65. The van der Waals surface area contributed by atoms with Crippen LogP contribution in [-0.2, 0) is 17.9 Å². The van der Waals surface area contributed by atoms with Gasteiger partial charge in [0.05, 0.1) is 11.8 Å². The van der Waals surface area contributed by atoms with Crippen LogP contribution in [0.15, 0.2) is 59.8 Å². The van der Waals surface area contributed by atoms with Gasteiger partial charge in [-0.05, 0) is 37.0 Å². The van der Waals surface area contributed by atoms with Gasteiger partial charge in [-0.3, -0.25) is 4.79 Å². The van der Waals surface area contributed by atoms with Crippen LogP contribution < -0.4 is 5.32 Å². The molecule has 4 rings (SSSR count). The Balaban J connectivity index is 1.44. The molecule has 1 amide bonds. The summed E-state index contributed by atoms with van der Waals surface area (Å²) in [7, 11) is 0. The molecule has 29 heavy (non-hydrogen) atoms. The predicted molar refractivity (Wildman–Crippen MR) is 116 cm³/mol. The third-order valence-electron chi connectivity index (χ3n) is 4.93. The van der Waals surface area contributed by atoms with Gasteiger partial charge in [0.2, 0.25) is 5.91 Å². The second-order valence-electron chi connectivity index (χ2n) is 7.26. The zero-order chi connectivity index (χ0) is 20.2. The molecule has 7 heteroatoms. The van der Waals surface area contributed by atoms with Crippen molar-refractivity contribution in [2.24, 2.45) is 0 Å². The molecule has 1 heterocycles. The number of nitrogens with zero attached hydrogens (tertiary/aromatic N) is 3. The van der Waals surface area contributed by atoms with Gasteiger partial charge < -0.3 is 9.88 Å². The first-order valence-electron chi connectivity index (χ1n) is 9.76. The molecule has 1 fully saturated rings. The maximum atomic E-state index is 12.6. The summed E-state index contributed by atoms with van der Waals surface area (Å²) in [5.41, 5.74) is 2.11. The largest absolute Gasteiger partial charge is 0.351 e. The maximum Gasteiger partial charge on any atom is 0.233 e. The lowest BCUT2D eigenvalue weighted by Crippen LogP contribution is -2.30. The molecule has 1 aliphatic rings. The lowest BCUT2D eigenvalue weighted by Gasteiger charge is -2.14. The highest BCUT2D eigenvalue weighted by Crippen LogP contribution is 2.40. The summed E-state index contributed by atoms with van der Waals surface area (Å²) in [6, 6.07) is 17.8. The second kappa shape index (κ2) is 9.01. The van der Waals surface area contributed by atoms with Gasteiger partial charge in [0.15, 0.2) is 5.16 Å². The molecule has 0 saturated heterocycles. The molecule has 1 aliphatic carbocycles. The van der Waals surface area contributed by atoms with Gasteiger partial charge in [-0.25, -0.2) is 0 Å². The first kappa shape index (κ1) is 20.0. The van der Waals surface area contributed by atoms with Crippen LogP contribution in [0.4, 0.5) is 0 Å². The van der Waals surface area contributed by atoms with Gasteiger partial charge in [-0.1, -0.05) is 71.9 Å². The lowest BCUT2D eigenvalue weighted by atomic mass is 10.2. The van der Waals surface area contributed by atoms with Crippen LogP contribution in [0.2, 0.25) is 5.02 Å². The van der Waals surface area contributed by atoms with E-state index >= 15 is 0 Å². The van der Waals surface area contributed by atoms with Crippen LogP contribution >= 0.6 is 23.4 Å². The van der Waals surface area contributed by atoms with Crippen molar-refractivity contribution >= 4 is 29.3 Å². The minimum Gasteiger partial charge on any atom is -0.351 e. The molecular formula is C22H23ClN4OS. The van der Waals surface area contributed by atoms with Gasteiger partial charge in [0.1, 0.15) is 5.82 Å². The van der Waals surface area contributed by atoms with Gasteiger partial charge in [0.25, 0.3) is 0 Å². The van der Waals surface area contributed by atoms with E-state index in [1.54, 1.807) is 0 Å². The number of rotatable bonds is 8. The number of nitrogens with one attached hydrogen (secondary N) is 1. The van der Waals surface area contributed by atoms with Crippen LogP contribution in [0.1, 0.15) is 42.6 Å². The Morgan fingerprint density at radius 2 is 1.90 bits per heavy atom. The molecule has 1 atom stereocenters. The van der Waals surface area contributed by atoms with E-state index in [0.29, 0.717) is 17.5 Å². The van der Waals surface area contributed by atoms with Crippen molar-refractivity contribution in [1.29, 1.82) is 0 Å². The number of carbonyl (C=O) groups is 1. The van der Waals surface area contributed by atoms with Crippen molar-refractivity contribution in [3.8, 4) is 0 Å². The Bertz CT molecular complexity index is 987. The number of carbonyl (C=O) groups excluding carboxylic acids is 1. The molecule has 5 nitrogen and oxygen atoms in total. The lowest BCUT2D eigenvalue weighted by molar-refractivity contribution is -0.120. The van der Waals surface area contributed by atoms with Crippen LogP contribution in [-0.4, -0.2) is 25.9 Å². The van der Waals surface area contributed by atoms with Crippen LogP contribution in [0.25, 0.3) is 0 Å². The highest BCUT2D eigenvalue weighted by Gasteiger charge is 2.31. The van der Waals surface area contributed by atoms with E-state index < -0.39 is 0 Å². The number of amides is 1. The van der Waals surface area contributed by atoms with Crippen LogP contribution in [0, 0.1) is 0 Å². The minimum absolute atomic E-state index is 0.0443. The van der Waals surface area contributed by atoms with E-state index in [9.17, 15) is 4.79 Å². The summed E-state index contributed by atoms with van der Waals surface area (Å²) in [4.78, 5) is 12.6. The fourth-order valence-electron chi connectivity index (χ4n) is 3.12. The van der Waals surface area contributed by atoms with E-state index in [1.165, 1.54) is 17.3 Å². The molecule has 0 bridgehead atoms. The molecule has 1 N–H and O–H groups in total. The number of hydrogen-bond donors (Lipinski definition) is 1. The van der Waals surface area contributed by atoms with Crippen molar-refractivity contribution in [2.75, 3.05) is 0 Å². The maximum absolute atomic E-state index is 12.6. The molecule has 150 valence electrons. The molecular weight excluding hydrogens is 404 g/mol. The summed E-state index contributed by atoms with van der Waals surface area (Å²) < 4.78 is 2.16. The topological polar surface area (TPSA) is 59.8 Å². The van der Waals surface area contributed by atoms with Gasteiger partial charge in [0, 0.05) is 17.5 Å². The monoisotopic (exact) mass is 426 g/mol. The van der Waals surface area contributed by atoms with Crippen molar-refractivity contribution in [2.45, 2.75) is 49.2 Å². The quantitative estimate of drug-likeness (QED) is 0.532. The first-order valence-corrected chi connectivity index (χ1v) is 11.0. The molecule has 1 saturated carbocycles. The number of benzene rings is 2. The molecule has 1 aromatic heterocycles. The summed E-state index contributed by atoms with van der Waals surface area (Å²) in [5.74, 6) is 1.47. The number of thioether (sulfide) groups is 1. The fraction of sp³-hybridized carbons (Fsp3) is 0.318. The minimum atomic E-state index is -0.289. The van der Waals surface area contributed by atoms with Crippen molar-refractivity contribution < 1.29 is 4.79 Å². The van der Waals surface area contributed by atoms with Gasteiger partial charge in [-0.2, -0.15) is 0 Å². The third-order valence-corrected chi connectivity index (χ3v) is 6.38. The Hall–Kier alpha value is -2.31. The van der Waals surface area contributed by atoms with Crippen molar-refractivity contribution in [3.05, 3.63) is 76.6 Å². The Morgan fingerprint density at radius 1 is 1.17 bits per heavy atom. The standard InChI is InChI=1S/C22H23ClN4OS/c1-15(21(28)24-13-18-9-5-6-10-19(18)23)29-22-26-25-20(17-11-12-17)27(22)14-16-7-3-2-4-8-16/h2-10,15,17H,11-14H2,1H3,(H,24,28)/t15-/m1/s1. The molecule has 0 aliphatic heterocycles. The molecule has 0 spiro atoms. The second-order valence-corrected chi connectivity index (χ2v) is 8.97.